The van der Waals surface area contributed by atoms with Crippen LogP contribution in [0.4, 0.5) is 10.5 Å². The van der Waals surface area contributed by atoms with Crippen molar-refractivity contribution in [2.45, 2.75) is 38.8 Å². The number of carbonyl (C=O) groups is 2. The number of ether oxygens (including phenoxy) is 1. The summed E-state index contributed by atoms with van der Waals surface area (Å²) in [6.07, 6.45) is 3.18. The summed E-state index contributed by atoms with van der Waals surface area (Å²) in [5.41, 5.74) is 4.99. The van der Waals surface area contributed by atoms with E-state index >= 15 is 0 Å². The number of hydrogen-bond donors (Lipinski definition) is 3. The van der Waals surface area contributed by atoms with Crippen molar-refractivity contribution in [1.29, 1.82) is 0 Å². The van der Waals surface area contributed by atoms with Gasteiger partial charge in [0.15, 0.2) is 0 Å². The van der Waals surface area contributed by atoms with Gasteiger partial charge in [-0.15, -0.1) is 0 Å². The van der Waals surface area contributed by atoms with E-state index in [0.717, 1.165) is 30.5 Å². The molecule has 2 atom stereocenters. The highest BCUT2D eigenvalue weighted by Crippen LogP contribution is 2.18. The van der Waals surface area contributed by atoms with Crippen molar-refractivity contribution in [1.82, 2.24) is 10.7 Å². The van der Waals surface area contributed by atoms with Crippen molar-refractivity contribution >= 4 is 23.3 Å². The molecule has 0 aromatic heterocycles. The molecule has 3 rings (SSSR count). The highest BCUT2D eigenvalue weighted by Gasteiger charge is 2.21. The molecular weight excluding hydrogens is 308 g/mol. The first kappa shape index (κ1) is 16.4. The SMILES string of the molecule is CC1CC(=O)NN=C1c1ccc(NC(=O)NC2CCCCO2)cc1. The summed E-state index contributed by atoms with van der Waals surface area (Å²) in [7, 11) is 0. The van der Waals surface area contributed by atoms with Crippen molar-refractivity contribution in [3.05, 3.63) is 29.8 Å². The molecule has 3 amide bonds. The third-order valence-corrected chi connectivity index (χ3v) is 4.17. The van der Waals surface area contributed by atoms with Crippen LogP contribution >= 0.6 is 0 Å². The zero-order valence-corrected chi connectivity index (χ0v) is 13.7. The molecule has 1 aromatic rings. The van der Waals surface area contributed by atoms with Crippen molar-refractivity contribution in [2.24, 2.45) is 11.0 Å². The molecule has 0 bridgehead atoms. The lowest BCUT2D eigenvalue weighted by molar-refractivity contribution is -0.121. The van der Waals surface area contributed by atoms with Gasteiger partial charge in [0.25, 0.3) is 0 Å². The van der Waals surface area contributed by atoms with E-state index in [9.17, 15) is 9.59 Å². The number of benzene rings is 1. The molecule has 2 heterocycles. The van der Waals surface area contributed by atoms with E-state index in [0.29, 0.717) is 18.7 Å². The van der Waals surface area contributed by atoms with Gasteiger partial charge in [-0.3, -0.25) is 4.79 Å². The lowest BCUT2D eigenvalue weighted by atomic mass is 9.94. The maximum atomic E-state index is 12.0. The number of hydrazone groups is 1. The number of rotatable bonds is 3. The molecule has 2 aliphatic rings. The third-order valence-electron chi connectivity index (χ3n) is 4.17. The molecule has 0 aliphatic carbocycles. The highest BCUT2D eigenvalue weighted by atomic mass is 16.5. The minimum Gasteiger partial charge on any atom is -0.358 e. The second-order valence-corrected chi connectivity index (χ2v) is 6.17. The van der Waals surface area contributed by atoms with Crippen LogP contribution in [0.3, 0.4) is 0 Å². The second-order valence-electron chi connectivity index (χ2n) is 6.17. The molecule has 3 N–H and O–H groups in total. The predicted molar refractivity (Wildman–Crippen MR) is 90.6 cm³/mol. The molecule has 24 heavy (non-hydrogen) atoms. The molecule has 1 saturated heterocycles. The molecule has 128 valence electrons. The van der Waals surface area contributed by atoms with Crippen LogP contribution in [0.2, 0.25) is 0 Å². The molecule has 1 fully saturated rings. The van der Waals surface area contributed by atoms with Gasteiger partial charge >= 0.3 is 6.03 Å². The van der Waals surface area contributed by atoms with Crippen LogP contribution in [0.1, 0.15) is 38.2 Å². The predicted octanol–water partition coefficient (Wildman–Crippen LogP) is 2.19. The van der Waals surface area contributed by atoms with Crippen LogP contribution in [-0.4, -0.2) is 30.5 Å². The van der Waals surface area contributed by atoms with Crippen LogP contribution < -0.4 is 16.1 Å². The molecule has 0 saturated carbocycles. The van der Waals surface area contributed by atoms with Gasteiger partial charge in [0.05, 0.1) is 5.71 Å². The number of urea groups is 1. The average molecular weight is 330 g/mol. The highest BCUT2D eigenvalue weighted by molar-refractivity contribution is 6.06. The van der Waals surface area contributed by atoms with Gasteiger partial charge in [-0.2, -0.15) is 5.10 Å². The lowest BCUT2D eigenvalue weighted by Crippen LogP contribution is -2.41. The van der Waals surface area contributed by atoms with Gasteiger partial charge in [0, 0.05) is 24.6 Å². The van der Waals surface area contributed by atoms with Crippen molar-refractivity contribution in [3.8, 4) is 0 Å². The van der Waals surface area contributed by atoms with Crippen LogP contribution in [0.15, 0.2) is 29.4 Å². The van der Waals surface area contributed by atoms with Crippen LogP contribution in [0, 0.1) is 5.92 Å². The Labute approximate surface area is 140 Å². The first-order chi connectivity index (χ1) is 11.6. The quantitative estimate of drug-likeness (QED) is 0.793. The summed E-state index contributed by atoms with van der Waals surface area (Å²) in [5, 5.41) is 9.74. The smallest absolute Gasteiger partial charge is 0.321 e. The number of carbonyl (C=O) groups excluding carboxylic acids is 2. The summed E-state index contributed by atoms with van der Waals surface area (Å²) >= 11 is 0. The Kier molecular flexibility index (Phi) is 5.10. The molecule has 7 nitrogen and oxygen atoms in total. The van der Waals surface area contributed by atoms with Crippen LogP contribution in [0.25, 0.3) is 0 Å². The summed E-state index contributed by atoms with van der Waals surface area (Å²) in [6, 6.07) is 7.15. The normalized spacial score (nSPS) is 23.9. The van der Waals surface area contributed by atoms with Gasteiger partial charge in [-0.25, -0.2) is 10.2 Å². The average Bonchev–Trinajstić information content (AvgIpc) is 2.57. The fraction of sp³-hybridized carbons (Fsp3) is 0.471. The van der Waals surface area contributed by atoms with Gasteiger partial charge in [-0.1, -0.05) is 19.1 Å². The maximum absolute atomic E-state index is 12.0. The minimum atomic E-state index is -0.273. The maximum Gasteiger partial charge on any atom is 0.321 e. The molecule has 7 heteroatoms. The molecule has 2 unspecified atom stereocenters. The zero-order chi connectivity index (χ0) is 16.9. The summed E-state index contributed by atoms with van der Waals surface area (Å²) in [4.78, 5) is 23.3. The standard InChI is InChI=1S/C17H22N4O3/c1-11-10-14(22)20-21-16(11)12-5-7-13(8-6-12)18-17(23)19-15-4-2-3-9-24-15/h5-8,11,15H,2-4,9-10H2,1H3,(H,20,22)(H2,18,19,23). The van der Waals surface area contributed by atoms with E-state index in [1.807, 2.05) is 31.2 Å². The lowest BCUT2D eigenvalue weighted by Gasteiger charge is -2.23. The Morgan fingerprint density at radius 2 is 2.08 bits per heavy atom. The Balaban J connectivity index is 1.58. The number of nitrogens with one attached hydrogen (secondary N) is 3. The van der Waals surface area contributed by atoms with Crippen molar-refractivity contribution in [3.63, 3.8) is 0 Å². The molecule has 0 spiro atoms. The Hall–Kier alpha value is -2.41. The van der Waals surface area contributed by atoms with E-state index in [1.165, 1.54) is 0 Å². The number of amides is 3. The summed E-state index contributed by atoms with van der Waals surface area (Å²) in [6.45, 7) is 2.66. The van der Waals surface area contributed by atoms with Crippen LogP contribution in [-0.2, 0) is 9.53 Å². The topological polar surface area (TPSA) is 91.8 Å². The largest absolute Gasteiger partial charge is 0.358 e. The van der Waals surface area contributed by atoms with E-state index in [-0.39, 0.29) is 24.1 Å². The monoisotopic (exact) mass is 330 g/mol. The van der Waals surface area contributed by atoms with Gasteiger partial charge in [-0.05, 0) is 37.0 Å². The first-order valence-corrected chi connectivity index (χ1v) is 8.28. The molecule has 1 aromatic carbocycles. The van der Waals surface area contributed by atoms with Gasteiger partial charge < -0.3 is 15.4 Å². The first-order valence-electron chi connectivity index (χ1n) is 8.28. The number of nitrogens with zero attached hydrogens (tertiary/aromatic N) is 1. The van der Waals surface area contributed by atoms with E-state index < -0.39 is 0 Å². The Morgan fingerprint density at radius 1 is 1.29 bits per heavy atom. The Bertz CT molecular complexity index is 636. The van der Waals surface area contributed by atoms with Gasteiger partial charge in [0.1, 0.15) is 6.23 Å². The number of anilines is 1. The van der Waals surface area contributed by atoms with Crippen LogP contribution in [0.5, 0.6) is 0 Å². The third kappa shape index (κ3) is 4.11. The summed E-state index contributed by atoms with van der Waals surface area (Å²) in [5.74, 6) is 0.00967. The fourth-order valence-electron chi connectivity index (χ4n) is 2.89. The molecule has 2 aliphatic heterocycles. The van der Waals surface area contributed by atoms with Crippen molar-refractivity contribution < 1.29 is 14.3 Å². The second kappa shape index (κ2) is 7.44. The summed E-state index contributed by atoms with van der Waals surface area (Å²) < 4.78 is 5.48. The number of hydrogen-bond acceptors (Lipinski definition) is 4. The van der Waals surface area contributed by atoms with E-state index in [4.69, 9.17) is 4.74 Å². The fourth-order valence-corrected chi connectivity index (χ4v) is 2.89. The Morgan fingerprint density at radius 3 is 2.75 bits per heavy atom. The zero-order valence-electron chi connectivity index (χ0n) is 13.7. The van der Waals surface area contributed by atoms with E-state index in [1.54, 1.807) is 0 Å². The van der Waals surface area contributed by atoms with Crippen molar-refractivity contribution in [2.75, 3.05) is 11.9 Å². The molecular formula is C17H22N4O3. The van der Waals surface area contributed by atoms with Gasteiger partial charge in [0.2, 0.25) is 5.91 Å². The molecule has 0 radical (unpaired) electrons. The van der Waals surface area contributed by atoms with E-state index in [2.05, 4.69) is 21.2 Å². The minimum absolute atomic E-state index is 0.0638.